The zero-order chi connectivity index (χ0) is 17.2. The second-order valence-electron chi connectivity index (χ2n) is 6.67. The molecule has 0 bridgehead atoms. The quantitative estimate of drug-likeness (QED) is 0.927. The van der Waals surface area contributed by atoms with Crippen molar-refractivity contribution in [2.45, 2.75) is 38.3 Å². The molecule has 25 heavy (non-hydrogen) atoms. The smallest absolute Gasteiger partial charge is 0.254 e. The zero-order valence-corrected chi connectivity index (χ0v) is 14.3. The van der Waals surface area contributed by atoms with Gasteiger partial charge in [0.05, 0.1) is 11.7 Å². The standard InChI is InChI=1S/C19H22N4O2/c1-13-9-14-5-2-3-7-17(14)23(13)19-21-10-15(11-22-19)18(24)20-12-16-6-4-8-25-16/h2-3,5,7,10-11,13,16H,4,6,8-9,12H2,1H3,(H,20,24). The van der Waals surface area contributed by atoms with Crippen molar-refractivity contribution in [3.8, 4) is 0 Å². The average molecular weight is 338 g/mol. The van der Waals surface area contributed by atoms with E-state index in [0.29, 0.717) is 24.1 Å². The number of nitrogens with zero attached hydrogens (tertiary/aromatic N) is 3. The maximum Gasteiger partial charge on any atom is 0.254 e. The number of aromatic nitrogens is 2. The Labute approximate surface area is 147 Å². The molecule has 1 saturated heterocycles. The van der Waals surface area contributed by atoms with E-state index in [1.807, 2.05) is 6.07 Å². The normalized spacial score (nSPS) is 22.0. The molecule has 2 unspecified atom stereocenters. The van der Waals surface area contributed by atoms with Crippen molar-refractivity contribution in [2.24, 2.45) is 0 Å². The van der Waals surface area contributed by atoms with Gasteiger partial charge in [-0.3, -0.25) is 4.79 Å². The third kappa shape index (κ3) is 3.22. The number of hydrogen-bond acceptors (Lipinski definition) is 5. The fraction of sp³-hybridized carbons (Fsp3) is 0.421. The molecular weight excluding hydrogens is 316 g/mol. The van der Waals surface area contributed by atoms with Crippen LogP contribution in [-0.4, -0.2) is 41.2 Å². The van der Waals surface area contributed by atoms with Gasteiger partial charge in [-0.1, -0.05) is 18.2 Å². The highest BCUT2D eigenvalue weighted by atomic mass is 16.5. The van der Waals surface area contributed by atoms with Crippen molar-refractivity contribution in [3.05, 3.63) is 47.8 Å². The van der Waals surface area contributed by atoms with E-state index in [9.17, 15) is 4.79 Å². The minimum atomic E-state index is -0.156. The maximum atomic E-state index is 12.2. The molecule has 4 rings (SSSR count). The molecule has 0 spiro atoms. The first kappa shape index (κ1) is 16.0. The van der Waals surface area contributed by atoms with Gasteiger partial charge in [0.1, 0.15) is 0 Å². The number of nitrogens with one attached hydrogen (secondary N) is 1. The molecule has 2 aliphatic heterocycles. The molecule has 1 amide bonds. The van der Waals surface area contributed by atoms with Crippen LogP contribution < -0.4 is 10.2 Å². The van der Waals surface area contributed by atoms with Crippen LogP contribution in [0.1, 0.15) is 35.7 Å². The van der Waals surface area contributed by atoms with Gasteiger partial charge >= 0.3 is 0 Å². The number of ether oxygens (including phenoxy) is 1. The van der Waals surface area contributed by atoms with Gasteiger partial charge in [0.15, 0.2) is 0 Å². The maximum absolute atomic E-state index is 12.2. The van der Waals surface area contributed by atoms with Gasteiger partial charge in [-0.2, -0.15) is 0 Å². The minimum Gasteiger partial charge on any atom is -0.376 e. The Hall–Kier alpha value is -2.47. The average Bonchev–Trinajstić information content (AvgIpc) is 3.26. The molecule has 0 radical (unpaired) electrons. The number of carbonyl (C=O) groups is 1. The van der Waals surface area contributed by atoms with Gasteiger partial charge in [-0.15, -0.1) is 0 Å². The van der Waals surface area contributed by atoms with Crippen LogP contribution in [0.2, 0.25) is 0 Å². The first-order valence-corrected chi connectivity index (χ1v) is 8.81. The number of amides is 1. The molecule has 2 atom stereocenters. The van der Waals surface area contributed by atoms with Crippen LogP contribution >= 0.6 is 0 Å². The number of para-hydroxylation sites is 1. The summed E-state index contributed by atoms with van der Waals surface area (Å²) in [5.74, 6) is 0.477. The third-order valence-corrected chi connectivity index (χ3v) is 4.84. The van der Waals surface area contributed by atoms with E-state index in [1.54, 1.807) is 12.4 Å². The third-order valence-electron chi connectivity index (χ3n) is 4.84. The lowest BCUT2D eigenvalue weighted by Gasteiger charge is -2.22. The van der Waals surface area contributed by atoms with Crippen LogP contribution in [0.15, 0.2) is 36.7 Å². The first-order chi connectivity index (χ1) is 12.2. The highest BCUT2D eigenvalue weighted by molar-refractivity contribution is 5.93. The Bertz CT molecular complexity index is 756. The predicted molar refractivity (Wildman–Crippen MR) is 95.1 cm³/mol. The molecule has 130 valence electrons. The van der Waals surface area contributed by atoms with Crippen LogP contribution in [-0.2, 0) is 11.2 Å². The molecule has 0 saturated carbocycles. The van der Waals surface area contributed by atoms with Gasteiger partial charge in [0, 0.05) is 37.3 Å². The summed E-state index contributed by atoms with van der Waals surface area (Å²) < 4.78 is 5.52. The molecule has 2 aromatic rings. The summed E-state index contributed by atoms with van der Waals surface area (Å²) in [6, 6.07) is 8.61. The summed E-state index contributed by atoms with van der Waals surface area (Å²) >= 11 is 0. The summed E-state index contributed by atoms with van der Waals surface area (Å²) in [6.45, 7) is 3.48. The molecule has 6 heteroatoms. The van der Waals surface area contributed by atoms with Crippen molar-refractivity contribution in [2.75, 3.05) is 18.1 Å². The fourth-order valence-electron chi connectivity index (χ4n) is 3.55. The van der Waals surface area contributed by atoms with Crippen molar-refractivity contribution in [1.29, 1.82) is 0 Å². The second-order valence-corrected chi connectivity index (χ2v) is 6.67. The Balaban J connectivity index is 1.46. The lowest BCUT2D eigenvalue weighted by atomic mass is 10.1. The molecule has 1 N–H and O–H groups in total. The van der Waals surface area contributed by atoms with Crippen LogP contribution in [0.25, 0.3) is 0 Å². The molecule has 3 heterocycles. The Morgan fingerprint density at radius 1 is 1.32 bits per heavy atom. The van der Waals surface area contributed by atoms with Crippen molar-refractivity contribution in [3.63, 3.8) is 0 Å². The Morgan fingerprint density at radius 3 is 2.88 bits per heavy atom. The van der Waals surface area contributed by atoms with Crippen LogP contribution in [0, 0.1) is 0 Å². The summed E-state index contributed by atoms with van der Waals surface area (Å²) in [7, 11) is 0. The summed E-state index contributed by atoms with van der Waals surface area (Å²) in [5.41, 5.74) is 2.92. The lowest BCUT2D eigenvalue weighted by Crippen LogP contribution is -2.32. The highest BCUT2D eigenvalue weighted by Crippen LogP contribution is 2.36. The Kier molecular flexibility index (Phi) is 4.36. The molecule has 1 aromatic heterocycles. The summed E-state index contributed by atoms with van der Waals surface area (Å²) in [6.07, 6.45) is 6.37. The van der Waals surface area contributed by atoms with Crippen molar-refractivity contribution >= 4 is 17.5 Å². The number of rotatable bonds is 4. The van der Waals surface area contributed by atoms with Crippen LogP contribution in [0.3, 0.4) is 0 Å². The van der Waals surface area contributed by atoms with E-state index in [4.69, 9.17) is 4.74 Å². The number of hydrogen-bond donors (Lipinski definition) is 1. The highest BCUT2D eigenvalue weighted by Gasteiger charge is 2.28. The van der Waals surface area contributed by atoms with E-state index in [0.717, 1.165) is 31.6 Å². The molecular formula is C19H22N4O2. The van der Waals surface area contributed by atoms with Crippen LogP contribution in [0.4, 0.5) is 11.6 Å². The van der Waals surface area contributed by atoms with E-state index in [-0.39, 0.29) is 12.0 Å². The first-order valence-electron chi connectivity index (χ1n) is 8.81. The van der Waals surface area contributed by atoms with Gasteiger partial charge in [-0.05, 0) is 37.8 Å². The van der Waals surface area contributed by atoms with Gasteiger partial charge in [0.2, 0.25) is 5.95 Å². The second kappa shape index (κ2) is 6.80. The van der Waals surface area contributed by atoms with Crippen molar-refractivity contribution < 1.29 is 9.53 Å². The zero-order valence-electron chi connectivity index (χ0n) is 14.3. The number of anilines is 2. The summed E-state index contributed by atoms with van der Waals surface area (Å²) in [5, 5.41) is 2.90. The largest absolute Gasteiger partial charge is 0.376 e. The number of carbonyl (C=O) groups excluding carboxylic acids is 1. The monoisotopic (exact) mass is 338 g/mol. The summed E-state index contributed by atoms with van der Waals surface area (Å²) in [4.78, 5) is 23.2. The molecule has 1 fully saturated rings. The molecule has 6 nitrogen and oxygen atoms in total. The van der Waals surface area contributed by atoms with E-state index >= 15 is 0 Å². The van der Waals surface area contributed by atoms with Gasteiger partial charge in [0.25, 0.3) is 5.91 Å². The lowest BCUT2D eigenvalue weighted by molar-refractivity contribution is 0.0857. The molecule has 2 aliphatic rings. The van der Waals surface area contributed by atoms with Gasteiger partial charge in [-0.25, -0.2) is 9.97 Å². The molecule has 0 aliphatic carbocycles. The predicted octanol–water partition coefficient (Wildman–Crippen LogP) is 2.47. The van der Waals surface area contributed by atoms with E-state index in [2.05, 4.69) is 45.3 Å². The van der Waals surface area contributed by atoms with Gasteiger partial charge < -0.3 is 15.0 Å². The minimum absolute atomic E-state index is 0.131. The number of benzene rings is 1. The van der Waals surface area contributed by atoms with Crippen LogP contribution in [0.5, 0.6) is 0 Å². The Morgan fingerprint density at radius 2 is 2.12 bits per heavy atom. The molecule has 1 aromatic carbocycles. The van der Waals surface area contributed by atoms with E-state index in [1.165, 1.54) is 5.56 Å². The van der Waals surface area contributed by atoms with E-state index < -0.39 is 0 Å². The van der Waals surface area contributed by atoms with Crippen molar-refractivity contribution in [1.82, 2.24) is 15.3 Å². The fourth-order valence-corrected chi connectivity index (χ4v) is 3.55. The topological polar surface area (TPSA) is 67.4 Å². The SMILES string of the molecule is CC1Cc2ccccc2N1c1ncc(C(=O)NCC2CCCO2)cn1. The number of fused-ring (bicyclic) bond motifs is 1.